The van der Waals surface area contributed by atoms with Gasteiger partial charge in [-0.05, 0) is 26.0 Å². The largest absolute Gasteiger partial charge is 0.462 e. The average Bonchev–Trinajstić information content (AvgIpc) is 2.90. The molecule has 0 unspecified atom stereocenters. The maximum Gasteiger partial charge on any atom is 0.345 e. The predicted molar refractivity (Wildman–Crippen MR) is 82.6 cm³/mol. The molecule has 2 aromatic rings. The normalized spacial score (nSPS) is 13.1. The van der Waals surface area contributed by atoms with Crippen molar-refractivity contribution in [2.45, 2.75) is 20.4 Å². The second-order valence-electron chi connectivity index (χ2n) is 5.16. The quantitative estimate of drug-likeness (QED) is 0.810. The fraction of sp³-hybridized carbons (Fsp3) is 0.312. The van der Waals surface area contributed by atoms with Crippen LogP contribution in [0.25, 0.3) is 0 Å². The number of nitrogens with zero attached hydrogens (tertiary/aromatic N) is 3. The predicted octanol–water partition coefficient (Wildman–Crippen LogP) is 1.88. The first-order valence-corrected chi connectivity index (χ1v) is 7.23. The van der Waals surface area contributed by atoms with Gasteiger partial charge in [0.2, 0.25) is 5.95 Å². The van der Waals surface area contributed by atoms with Crippen molar-refractivity contribution in [2.24, 2.45) is 0 Å². The van der Waals surface area contributed by atoms with E-state index in [2.05, 4.69) is 4.98 Å². The van der Waals surface area contributed by atoms with E-state index in [0.29, 0.717) is 19.0 Å². The molecule has 1 aliphatic heterocycles. The lowest BCUT2D eigenvalue weighted by atomic mass is 10.2. The molecule has 6 heteroatoms. The zero-order chi connectivity index (χ0) is 15.7. The molecular weight excluding hydrogens is 282 g/mol. The number of carbonyl (C=O) groups excluding carboxylic acids is 1. The molecule has 114 valence electrons. The van der Waals surface area contributed by atoms with Gasteiger partial charge in [0.1, 0.15) is 5.56 Å². The maximum absolute atomic E-state index is 12.1. The first-order chi connectivity index (χ1) is 10.6. The van der Waals surface area contributed by atoms with Crippen LogP contribution < -0.4 is 10.5 Å². The van der Waals surface area contributed by atoms with Gasteiger partial charge in [0.05, 0.1) is 6.61 Å². The minimum absolute atomic E-state index is 0.0173. The number of hydrogen-bond acceptors (Lipinski definition) is 5. The lowest BCUT2D eigenvalue weighted by Crippen LogP contribution is -2.24. The lowest BCUT2D eigenvalue weighted by molar-refractivity contribution is 0.0523. The molecule has 0 bridgehead atoms. The number of esters is 1. The van der Waals surface area contributed by atoms with Crippen molar-refractivity contribution in [3.63, 3.8) is 0 Å². The van der Waals surface area contributed by atoms with Crippen molar-refractivity contribution in [3.8, 4) is 0 Å². The summed E-state index contributed by atoms with van der Waals surface area (Å²) in [6, 6.07) is 8.03. The van der Waals surface area contributed by atoms with Crippen molar-refractivity contribution in [3.05, 3.63) is 51.9 Å². The highest BCUT2D eigenvalue weighted by molar-refractivity contribution is 5.88. The van der Waals surface area contributed by atoms with Crippen LogP contribution in [-0.4, -0.2) is 28.7 Å². The zero-order valence-electron chi connectivity index (χ0n) is 12.6. The highest BCUT2D eigenvalue weighted by Crippen LogP contribution is 2.27. The Morgan fingerprint density at radius 3 is 2.68 bits per heavy atom. The van der Waals surface area contributed by atoms with E-state index >= 15 is 0 Å². The number of fused-ring (bicyclic) bond motifs is 1. The van der Waals surface area contributed by atoms with Gasteiger partial charge >= 0.3 is 5.97 Å². The summed E-state index contributed by atoms with van der Waals surface area (Å²) in [4.78, 5) is 29.9. The molecule has 0 saturated carbocycles. The summed E-state index contributed by atoms with van der Waals surface area (Å²) in [7, 11) is 0. The first kappa shape index (κ1) is 14.3. The van der Waals surface area contributed by atoms with Crippen LogP contribution in [0, 0.1) is 6.92 Å². The highest BCUT2D eigenvalue weighted by Gasteiger charge is 2.24. The lowest BCUT2D eigenvalue weighted by Gasteiger charge is -2.17. The summed E-state index contributed by atoms with van der Waals surface area (Å²) in [6.07, 6.45) is 1.54. The second kappa shape index (κ2) is 5.63. The molecule has 6 nitrogen and oxygen atoms in total. The minimum Gasteiger partial charge on any atom is -0.462 e. The summed E-state index contributed by atoms with van der Waals surface area (Å²) in [6.45, 7) is 5.34. The van der Waals surface area contributed by atoms with E-state index in [1.165, 1.54) is 11.8 Å². The Bertz CT molecular complexity index is 765. The molecule has 1 aromatic carbocycles. The Morgan fingerprint density at radius 2 is 2.00 bits per heavy atom. The van der Waals surface area contributed by atoms with Crippen molar-refractivity contribution in [1.82, 2.24) is 9.55 Å². The van der Waals surface area contributed by atoms with Crippen LogP contribution in [0.2, 0.25) is 0 Å². The Balaban J connectivity index is 1.98. The molecule has 0 N–H and O–H groups in total. The van der Waals surface area contributed by atoms with E-state index in [9.17, 15) is 9.59 Å². The van der Waals surface area contributed by atoms with Gasteiger partial charge in [-0.1, -0.05) is 17.7 Å². The molecule has 1 aliphatic rings. The van der Waals surface area contributed by atoms with Crippen molar-refractivity contribution in [2.75, 3.05) is 18.1 Å². The number of hydrogen-bond donors (Lipinski definition) is 0. The summed E-state index contributed by atoms with van der Waals surface area (Å²) in [5, 5.41) is 0. The van der Waals surface area contributed by atoms with Gasteiger partial charge in [0.25, 0.3) is 5.56 Å². The standard InChI is InChI=1S/C16H17N3O3/c1-3-22-15(21)13-10-18-8-9-19(16(18)17-14(13)20)12-6-4-11(2)5-7-12/h4-7,10H,3,8-9H2,1-2H3. The van der Waals surface area contributed by atoms with Gasteiger partial charge < -0.3 is 14.2 Å². The third kappa shape index (κ3) is 2.47. The number of rotatable bonds is 3. The summed E-state index contributed by atoms with van der Waals surface area (Å²) in [5.41, 5.74) is 1.58. The number of anilines is 2. The monoisotopic (exact) mass is 299 g/mol. The molecule has 0 radical (unpaired) electrons. The Labute approximate surface area is 128 Å². The number of carbonyl (C=O) groups is 1. The minimum atomic E-state index is -0.621. The Hall–Kier alpha value is -2.63. The molecule has 0 atom stereocenters. The van der Waals surface area contributed by atoms with E-state index in [1.807, 2.05) is 40.7 Å². The van der Waals surface area contributed by atoms with Gasteiger partial charge in [-0.2, -0.15) is 4.98 Å². The Kier molecular flexibility index (Phi) is 3.66. The van der Waals surface area contributed by atoms with Gasteiger partial charge in [0.15, 0.2) is 0 Å². The van der Waals surface area contributed by atoms with Gasteiger partial charge in [0, 0.05) is 25.0 Å². The molecule has 2 heterocycles. The van der Waals surface area contributed by atoms with Crippen molar-refractivity contribution >= 4 is 17.6 Å². The number of ether oxygens (including phenoxy) is 1. The molecule has 0 fully saturated rings. The Morgan fingerprint density at radius 1 is 1.27 bits per heavy atom. The van der Waals surface area contributed by atoms with Crippen LogP contribution in [0.1, 0.15) is 22.8 Å². The molecule has 22 heavy (non-hydrogen) atoms. The fourth-order valence-corrected chi connectivity index (χ4v) is 2.49. The third-order valence-corrected chi connectivity index (χ3v) is 3.62. The molecule has 0 aliphatic carbocycles. The molecular formula is C16H17N3O3. The van der Waals surface area contributed by atoms with E-state index in [4.69, 9.17) is 4.74 Å². The van der Waals surface area contributed by atoms with Crippen LogP contribution in [0.4, 0.5) is 11.6 Å². The van der Waals surface area contributed by atoms with Crippen LogP contribution in [0.5, 0.6) is 0 Å². The molecule has 0 amide bonds. The molecule has 0 spiro atoms. The fourth-order valence-electron chi connectivity index (χ4n) is 2.49. The van der Waals surface area contributed by atoms with Gasteiger partial charge in [-0.15, -0.1) is 0 Å². The molecule has 0 saturated heterocycles. The topological polar surface area (TPSA) is 64.4 Å². The summed E-state index contributed by atoms with van der Waals surface area (Å²) >= 11 is 0. The SMILES string of the molecule is CCOC(=O)c1cn2c(nc1=O)N(c1ccc(C)cc1)CC2. The smallest absolute Gasteiger partial charge is 0.345 e. The number of aromatic nitrogens is 2. The summed E-state index contributed by atoms with van der Waals surface area (Å²) < 4.78 is 6.70. The first-order valence-electron chi connectivity index (χ1n) is 7.23. The molecule has 1 aromatic heterocycles. The number of benzene rings is 1. The van der Waals surface area contributed by atoms with E-state index in [1.54, 1.807) is 6.92 Å². The van der Waals surface area contributed by atoms with Crippen LogP contribution in [0.15, 0.2) is 35.3 Å². The van der Waals surface area contributed by atoms with Crippen molar-refractivity contribution in [1.29, 1.82) is 0 Å². The highest BCUT2D eigenvalue weighted by atomic mass is 16.5. The summed E-state index contributed by atoms with van der Waals surface area (Å²) in [5.74, 6) is -0.0639. The molecule has 3 rings (SSSR count). The van der Waals surface area contributed by atoms with E-state index in [-0.39, 0.29) is 12.2 Å². The maximum atomic E-state index is 12.1. The third-order valence-electron chi connectivity index (χ3n) is 3.62. The van der Waals surface area contributed by atoms with Gasteiger partial charge in [-0.3, -0.25) is 4.79 Å². The van der Waals surface area contributed by atoms with Crippen LogP contribution in [0.3, 0.4) is 0 Å². The van der Waals surface area contributed by atoms with Crippen LogP contribution >= 0.6 is 0 Å². The zero-order valence-corrected chi connectivity index (χ0v) is 12.6. The number of aryl methyl sites for hydroxylation is 1. The van der Waals surface area contributed by atoms with Crippen molar-refractivity contribution < 1.29 is 9.53 Å². The van der Waals surface area contributed by atoms with Crippen LogP contribution in [-0.2, 0) is 11.3 Å². The van der Waals surface area contributed by atoms with Gasteiger partial charge in [-0.25, -0.2) is 4.79 Å². The average molecular weight is 299 g/mol. The second-order valence-corrected chi connectivity index (χ2v) is 5.16. The van der Waals surface area contributed by atoms with E-state index in [0.717, 1.165) is 5.69 Å². The van der Waals surface area contributed by atoms with E-state index < -0.39 is 11.5 Å².